The van der Waals surface area contributed by atoms with Crippen LogP contribution >= 0.6 is 0 Å². The summed E-state index contributed by atoms with van der Waals surface area (Å²) in [5.41, 5.74) is 0.732. The molecule has 0 radical (unpaired) electrons. The Hall–Kier alpha value is -2.59. The van der Waals surface area contributed by atoms with Crippen molar-refractivity contribution < 1.29 is 22.1 Å². The van der Waals surface area contributed by atoms with Crippen LogP contribution in [0.1, 0.15) is 18.4 Å². The maximum atomic E-state index is 13.4. The van der Waals surface area contributed by atoms with E-state index in [-0.39, 0.29) is 16.5 Å². The first kappa shape index (κ1) is 20.2. The van der Waals surface area contributed by atoms with Gasteiger partial charge < -0.3 is 4.90 Å². The SMILES string of the molecule is NS(=O)(=O)c1ccc(N2CCC(Cc3ccc(F)c(F)c3)CC2)c([N+](=O)[O-])c1. The highest BCUT2D eigenvalue weighted by atomic mass is 32.2. The van der Waals surface area contributed by atoms with Crippen LogP contribution in [0.3, 0.4) is 0 Å². The molecule has 0 atom stereocenters. The summed E-state index contributed by atoms with van der Waals surface area (Å²) in [6.07, 6.45) is 2.03. The number of nitrogens with two attached hydrogens (primary N) is 1. The summed E-state index contributed by atoms with van der Waals surface area (Å²) in [7, 11) is -4.04. The molecule has 3 rings (SSSR count). The van der Waals surface area contributed by atoms with Gasteiger partial charge in [-0.15, -0.1) is 0 Å². The van der Waals surface area contributed by atoms with Crippen LogP contribution in [0.4, 0.5) is 20.2 Å². The lowest BCUT2D eigenvalue weighted by Crippen LogP contribution is -2.34. The van der Waals surface area contributed by atoms with Crippen molar-refractivity contribution in [2.75, 3.05) is 18.0 Å². The molecule has 28 heavy (non-hydrogen) atoms. The van der Waals surface area contributed by atoms with Crippen LogP contribution < -0.4 is 10.0 Å². The van der Waals surface area contributed by atoms with E-state index in [0.717, 1.165) is 12.1 Å². The molecule has 2 aromatic rings. The molecule has 2 aromatic carbocycles. The van der Waals surface area contributed by atoms with Crippen molar-refractivity contribution in [3.05, 3.63) is 63.7 Å². The molecule has 0 spiro atoms. The highest BCUT2D eigenvalue weighted by molar-refractivity contribution is 7.89. The lowest BCUT2D eigenvalue weighted by molar-refractivity contribution is -0.384. The number of nitro benzene ring substituents is 1. The first-order valence-corrected chi connectivity index (χ1v) is 10.2. The number of piperidine rings is 1. The third-order valence-corrected chi connectivity index (χ3v) is 5.85. The summed E-state index contributed by atoms with van der Waals surface area (Å²) >= 11 is 0. The number of nitrogens with zero attached hydrogens (tertiary/aromatic N) is 2. The van der Waals surface area contributed by atoms with Crippen molar-refractivity contribution in [3.8, 4) is 0 Å². The van der Waals surface area contributed by atoms with Gasteiger partial charge in [0.15, 0.2) is 11.6 Å². The number of halogens is 2. The Morgan fingerprint density at radius 2 is 1.79 bits per heavy atom. The number of rotatable bonds is 5. The van der Waals surface area contributed by atoms with Gasteiger partial charge in [-0.1, -0.05) is 6.07 Å². The molecule has 1 aliphatic rings. The van der Waals surface area contributed by atoms with Crippen LogP contribution in [0.2, 0.25) is 0 Å². The molecule has 2 N–H and O–H groups in total. The molecular formula is C18H19F2N3O4S. The summed E-state index contributed by atoms with van der Waals surface area (Å²) in [5.74, 6) is -1.52. The summed E-state index contributed by atoms with van der Waals surface area (Å²) < 4.78 is 49.3. The van der Waals surface area contributed by atoms with E-state index in [1.165, 1.54) is 18.2 Å². The van der Waals surface area contributed by atoms with Crippen LogP contribution in [0.25, 0.3) is 0 Å². The standard InChI is InChI=1S/C18H19F2N3O4S/c19-15-3-1-13(10-16(15)20)9-12-5-7-22(8-6-12)17-4-2-14(28(21,26)27)11-18(17)23(24)25/h1-4,10-12H,5-9H2,(H2,21,26,27). The molecule has 1 aliphatic heterocycles. The first-order valence-electron chi connectivity index (χ1n) is 8.65. The zero-order valence-corrected chi connectivity index (χ0v) is 15.7. The molecular weight excluding hydrogens is 392 g/mol. The smallest absolute Gasteiger partial charge is 0.293 e. The minimum Gasteiger partial charge on any atom is -0.366 e. The van der Waals surface area contributed by atoms with E-state index in [1.807, 2.05) is 4.90 Å². The van der Waals surface area contributed by atoms with Crippen molar-refractivity contribution in [1.29, 1.82) is 0 Å². The number of sulfonamides is 1. The molecule has 0 saturated carbocycles. The molecule has 0 aliphatic carbocycles. The van der Waals surface area contributed by atoms with Crippen LogP contribution in [-0.2, 0) is 16.4 Å². The summed E-state index contributed by atoms with van der Waals surface area (Å²) in [4.78, 5) is 12.3. The normalized spacial score (nSPS) is 15.6. The molecule has 10 heteroatoms. The van der Waals surface area contributed by atoms with Crippen LogP contribution in [0.5, 0.6) is 0 Å². The third-order valence-electron chi connectivity index (χ3n) is 4.94. The predicted molar refractivity (Wildman–Crippen MR) is 99.5 cm³/mol. The third kappa shape index (κ3) is 4.45. The number of nitro groups is 1. The van der Waals surface area contributed by atoms with Gasteiger partial charge in [0.1, 0.15) is 5.69 Å². The van der Waals surface area contributed by atoms with Crippen molar-refractivity contribution in [2.24, 2.45) is 11.1 Å². The molecule has 150 valence electrons. The summed E-state index contributed by atoms with van der Waals surface area (Å²) in [5, 5.41) is 16.4. The number of primary sulfonamides is 1. The van der Waals surface area contributed by atoms with E-state index in [4.69, 9.17) is 5.14 Å². The van der Waals surface area contributed by atoms with Crippen LogP contribution in [0, 0.1) is 27.7 Å². The maximum Gasteiger partial charge on any atom is 0.293 e. The quantitative estimate of drug-likeness (QED) is 0.601. The Balaban J connectivity index is 1.72. The lowest BCUT2D eigenvalue weighted by Gasteiger charge is -2.33. The van der Waals surface area contributed by atoms with Gasteiger partial charge in [0, 0.05) is 19.2 Å². The second-order valence-electron chi connectivity index (χ2n) is 6.84. The van der Waals surface area contributed by atoms with E-state index in [1.54, 1.807) is 6.07 Å². The Labute approximate surface area is 161 Å². The Bertz CT molecular complexity index is 1010. The maximum absolute atomic E-state index is 13.4. The Kier molecular flexibility index (Phi) is 5.61. The predicted octanol–water partition coefficient (Wildman–Crippen LogP) is 2.98. The number of hydrogen-bond donors (Lipinski definition) is 1. The van der Waals surface area contributed by atoms with Gasteiger partial charge in [-0.2, -0.15) is 0 Å². The van der Waals surface area contributed by atoms with E-state index in [9.17, 15) is 27.3 Å². The van der Waals surface area contributed by atoms with Crippen LogP contribution in [0.15, 0.2) is 41.3 Å². The molecule has 0 amide bonds. The highest BCUT2D eigenvalue weighted by Gasteiger charge is 2.26. The van der Waals surface area contributed by atoms with Crippen molar-refractivity contribution in [1.82, 2.24) is 0 Å². The number of hydrogen-bond acceptors (Lipinski definition) is 5. The molecule has 1 saturated heterocycles. The Morgan fingerprint density at radius 1 is 1.11 bits per heavy atom. The van der Waals surface area contributed by atoms with E-state index in [0.29, 0.717) is 43.6 Å². The van der Waals surface area contributed by atoms with E-state index in [2.05, 4.69) is 0 Å². The zero-order valence-electron chi connectivity index (χ0n) is 14.8. The molecule has 7 nitrogen and oxygen atoms in total. The summed E-state index contributed by atoms with van der Waals surface area (Å²) in [6, 6.07) is 7.48. The van der Waals surface area contributed by atoms with Gasteiger partial charge in [0.2, 0.25) is 10.0 Å². The average Bonchev–Trinajstić information content (AvgIpc) is 2.64. The van der Waals surface area contributed by atoms with Crippen molar-refractivity contribution in [3.63, 3.8) is 0 Å². The molecule has 0 unspecified atom stereocenters. The van der Waals surface area contributed by atoms with Crippen molar-refractivity contribution >= 4 is 21.4 Å². The molecule has 1 fully saturated rings. The fourth-order valence-corrected chi connectivity index (χ4v) is 4.01. The number of benzene rings is 2. The Morgan fingerprint density at radius 3 is 2.36 bits per heavy atom. The van der Waals surface area contributed by atoms with Gasteiger partial charge in [-0.05, 0) is 55.0 Å². The zero-order chi connectivity index (χ0) is 20.5. The second-order valence-corrected chi connectivity index (χ2v) is 8.40. The van der Waals surface area contributed by atoms with Gasteiger partial charge in [0.25, 0.3) is 5.69 Å². The fourth-order valence-electron chi connectivity index (χ4n) is 3.47. The average molecular weight is 411 g/mol. The lowest BCUT2D eigenvalue weighted by atomic mass is 9.90. The molecule has 0 bridgehead atoms. The molecule has 1 heterocycles. The van der Waals surface area contributed by atoms with Crippen molar-refractivity contribution in [2.45, 2.75) is 24.2 Å². The fraction of sp³-hybridized carbons (Fsp3) is 0.333. The van der Waals surface area contributed by atoms with Crippen LogP contribution in [-0.4, -0.2) is 26.4 Å². The second kappa shape index (κ2) is 7.80. The topological polar surface area (TPSA) is 107 Å². The molecule has 0 aromatic heterocycles. The first-order chi connectivity index (χ1) is 13.1. The highest BCUT2D eigenvalue weighted by Crippen LogP contribution is 2.34. The van der Waals surface area contributed by atoms with E-state index >= 15 is 0 Å². The largest absolute Gasteiger partial charge is 0.366 e. The summed E-state index contributed by atoms with van der Waals surface area (Å²) in [6.45, 7) is 1.06. The number of anilines is 1. The minimum absolute atomic E-state index is 0.240. The van der Waals surface area contributed by atoms with Gasteiger partial charge in [-0.3, -0.25) is 10.1 Å². The van der Waals surface area contributed by atoms with Gasteiger partial charge in [-0.25, -0.2) is 22.3 Å². The van der Waals surface area contributed by atoms with E-state index < -0.39 is 26.6 Å². The minimum atomic E-state index is -4.04. The van der Waals surface area contributed by atoms with Gasteiger partial charge in [0.05, 0.1) is 9.82 Å². The van der Waals surface area contributed by atoms with Gasteiger partial charge >= 0.3 is 0 Å². The monoisotopic (exact) mass is 411 g/mol.